The van der Waals surface area contributed by atoms with Crippen molar-refractivity contribution in [1.29, 1.82) is 0 Å². The molecule has 0 unspecified atom stereocenters. The van der Waals surface area contributed by atoms with E-state index in [1.54, 1.807) is 13.0 Å². The van der Waals surface area contributed by atoms with Crippen molar-refractivity contribution < 1.29 is 23.5 Å². The van der Waals surface area contributed by atoms with E-state index in [9.17, 15) is 14.0 Å². The van der Waals surface area contributed by atoms with Crippen LogP contribution in [0.5, 0.6) is 0 Å². The fourth-order valence-corrected chi connectivity index (χ4v) is 2.61. The molecule has 0 saturated carbocycles. The van der Waals surface area contributed by atoms with Crippen molar-refractivity contribution >= 4 is 24.3 Å². The first-order chi connectivity index (χ1) is 11.0. The third-order valence-corrected chi connectivity index (χ3v) is 3.88. The molecule has 1 aliphatic carbocycles. The molecule has 24 heavy (non-hydrogen) atoms. The molecule has 0 aromatic heterocycles. The molecule has 6 nitrogen and oxygen atoms in total. The van der Waals surface area contributed by atoms with E-state index in [0.29, 0.717) is 5.57 Å². The van der Waals surface area contributed by atoms with E-state index in [0.717, 1.165) is 12.8 Å². The lowest BCUT2D eigenvalue weighted by Gasteiger charge is -2.36. The van der Waals surface area contributed by atoms with Crippen LogP contribution in [0.4, 0.5) is 4.39 Å². The second kappa shape index (κ2) is 11.4. The minimum Gasteiger partial charge on any atom is -0.463 e. The van der Waals surface area contributed by atoms with Gasteiger partial charge in [0.05, 0.1) is 24.9 Å². The molecule has 3 N–H and O–H groups in total. The van der Waals surface area contributed by atoms with Gasteiger partial charge in [0.1, 0.15) is 0 Å². The maximum atomic E-state index is 12.5. The maximum Gasteiger partial charge on any atom is 0.333 e. The second-order valence-corrected chi connectivity index (χ2v) is 5.55. The highest BCUT2D eigenvalue weighted by atomic mass is 35.5. The van der Waals surface area contributed by atoms with Crippen LogP contribution in [0.25, 0.3) is 0 Å². The molecular formula is C16H28ClFN2O4. The summed E-state index contributed by atoms with van der Waals surface area (Å²) in [7, 11) is 0. The number of esters is 1. The standard InChI is InChI=1S/C16H27FN2O4.ClH/c1-4-11(5-2)23-13-8-10(16(21)22-6-3)7-12(18)15(13)19-14(20)9-17;/h8,11-13,15H,4-7,9,18H2,1-3H3,(H,19,20);1H/t12-,13+,15+;/m0./s1. The van der Waals surface area contributed by atoms with Gasteiger partial charge in [-0.25, -0.2) is 9.18 Å². The topological polar surface area (TPSA) is 90.6 Å². The van der Waals surface area contributed by atoms with Gasteiger partial charge >= 0.3 is 5.97 Å². The Morgan fingerprint density at radius 2 is 2.00 bits per heavy atom. The van der Waals surface area contributed by atoms with Crippen molar-refractivity contribution in [1.82, 2.24) is 5.32 Å². The summed E-state index contributed by atoms with van der Waals surface area (Å²) in [5, 5.41) is 2.55. The van der Waals surface area contributed by atoms with Gasteiger partial charge < -0.3 is 20.5 Å². The Balaban J connectivity index is 0.00000529. The lowest BCUT2D eigenvalue weighted by Crippen LogP contribution is -2.57. The third-order valence-electron chi connectivity index (χ3n) is 3.88. The Bertz CT molecular complexity index is 444. The molecule has 0 aromatic rings. The summed E-state index contributed by atoms with van der Waals surface area (Å²) in [6.45, 7) is 4.86. The molecule has 0 fully saturated rings. The Kier molecular flexibility index (Phi) is 10.8. The highest BCUT2D eigenvalue weighted by Crippen LogP contribution is 2.24. The summed E-state index contributed by atoms with van der Waals surface area (Å²) in [5.74, 6) is -1.17. The van der Waals surface area contributed by atoms with Gasteiger partial charge in [0, 0.05) is 11.6 Å². The highest BCUT2D eigenvalue weighted by Gasteiger charge is 2.36. The van der Waals surface area contributed by atoms with Gasteiger partial charge in [-0.2, -0.15) is 0 Å². The van der Waals surface area contributed by atoms with E-state index < -0.39 is 36.7 Å². The lowest BCUT2D eigenvalue weighted by molar-refractivity contribution is -0.139. The number of nitrogens with two attached hydrogens (primary N) is 1. The highest BCUT2D eigenvalue weighted by molar-refractivity contribution is 5.89. The zero-order valence-electron chi connectivity index (χ0n) is 14.4. The quantitative estimate of drug-likeness (QED) is 0.637. The first kappa shape index (κ1) is 22.8. The van der Waals surface area contributed by atoms with Crippen molar-refractivity contribution in [2.24, 2.45) is 5.73 Å². The Morgan fingerprint density at radius 3 is 2.50 bits per heavy atom. The van der Waals surface area contributed by atoms with Crippen LogP contribution >= 0.6 is 12.4 Å². The van der Waals surface area contributed by atoms with Crippen molar-refractivity contribution in [3.63, 3.8) is 0 Å². The van der Waals surface area contributed by atoms with Crippen LogP contribution in [0.1, 0.15) is 40.0 Å². The molecular weight excluding hydrogens is 339 g/mol. The first-order valence-electron chi connectivity index (χ1n) is 8.10. The molecule has 0 saturated heterocycles. The lowest BCUT2D eigenvalue weighted by atomic mass is 9.88. The van der Waals surface area contributed by atoms with E-state index in [-0.39, 0.29) is 31.5 Å². The molecule has 1 aliphatic rings. The number of halogens is 2. The van der Waals surface area contributed by atoms with Crippen LogP contribution in [0.15, 0.2) is 11.6 Å². The summed E-state index contributed by atoms with van der Waals surface area (Å²) < 4.78 is 23.5. The van der Waals surface area contributed by atoms with Gasteiger partial charge in [-0.05, 0) is 32.3 Å². The van der Waals surface area contributed by atoms with Crippen LogP contribution in [0, 0.1) is 0 Å². The molecule has 140 valence electrons. The summed E-state index contributed by atoms with van der Waals surface area (Å²) in [4.78, 5) is 23.4. The average molecular weight is 367 g/mol. The third kappa shape index (κ3) is 6.37. The zero-order chi connectivity index (χ0) is 17.4. The maximum absolute atomic E-state index is 12.5. The predicted octanol–water partition coefficient (Wildman–Crippen LogP) is 1.66. The van der Waals surface area contributed by atoms with Crippen LogP contribution in [0.2, 0.25) is 0 Å². The van der Waals surface area contributed by atoms with Gasteiger partial charge in [-0.15, -0.1) is 12.4 Å². The van der Waals surface area contributed by atoms with Gasteiger partial charge in [0.2, 0.25) is 0 Å². The summed E-state index contributed by atoms with van der Waals surface area (Å²) in [6.07, 6.45) is 2.85. The van der Waals surface area contributed by atoms with Crippen molar-refractivity contribution in [3.05, 3.63) is 11.6 Å². The zero-order valence-corrected chi connectivity index (χ0v) is 15.2. The summed E-state index contributed by atoms with van der Waals surface area (Å²) in [6, 6.07) is -1.12. The fourth-order valence-electron chi connectivity index (χ4n) is 2.61. The predicted molar refractivity (Wildman–Crippen MR) is 91.7 cm³/mol. The number of hydrogen-bond acceptors (Lipinski definition) is 5. The number of hydrogen-bond donors (Lipinski definition) is 2. The molecule has 0 bridgehead atoms. The monoisotopic (exact) mass is 366 g/mol. The number of alkyl halides is 1. The summed E-state index contributed by atoms with van der Waals surface area (Å²) in [5.41, 5.74) is 6.52. The molecule has 0 spiro atoms. The number of rotatable bonds is 8. The molecule has 0 aromatic carbocycles. The van der Waals surface area contributed by atoms with Gasteiger partial charge in [-0.1, -0.05) is 13.8 Å². The van der Waals surface area contributed by atoms with Crippen molar-refractivity contribution in [3.8, 4) is 0 Å². The Hall–Kier alpha value is -1.18. The van der Waals surface area contributed by atoms with E-state index in [1.807, 2.05) is 13.8 Å². The van der Waals surface area contributed by atoms with Crippen LogP contribution in [0.3, 0.4) is 0 Å². The van der Waals surface area contributed by atoms with Crippen LogP contribution in [-0.2, 0) is 19.1 Å². The summed E-state index contributed by atoms with van der Waals surface area (Å²) >= 11 is 0. The second-order valence-electron chi connectivity index (χ2n) is 5.55. The Labute approximate surface area is 148 Å². The average Bonchev–Trinajstić information content (AvgIpc) is 2.54. The number of nitrogens with one attached hydrogen (secondary N) is 1. The van der Waals surface area contributed by atoms with Gasteiger partial charge in [-0.3, -0.25) is 4.79 Å². The number of carbonyl (C=O) groups is 2. The molecule has 3 atom stereocenters. The van der Waals surface area contributed by atoms with Crippen molar-refractivity contribution in [2.75, 3.05) is 13.3 Å². The van der Waals surface area contributed by atoms with Gasteiger partial charge in [0.25, 0.3) is 5.91 Å². The molecule has 1 rings (SSSR count). The molecule has 0 aliphatic heterocycles. The van der Waals surface area contributed by atoms with E-state index in [4.69, 9.17) is 15.2 Å². The van der Waals surface area contributed by atoms with Crippen LogP contribution < -0.4 is 11.1 Å². The molecule has 8 heteroatoms. The van der Waals surface area contributed by atoms with Crippen molar-refractivity contribution in [2.45, 2.75) is 64.3 Å². The fraction of sp³-hybridized carbons (Fsp3) is 0.750. The molecule has 0 heterocycles. The number of carbonyl (C=O) groups excluding carboxylic acids is 2. The first-order valence-corrected chi connectivity index (χ1v) is 8.10. The SMILES string of the molecule is CCOC(=O)C1=C[C@@H](OC(CC)CC)[C@H](NC(=O)CF)[C@@H](N)C1.Cl. The minimum atomic E-state index is -1.12. The normalized spacial score (nSPS) is 23.2. The molecule has 1 amide bonds. The van der Waals surface area contributed by atoms with E-state index in [2.05, 4.69) is 5.32 Å². The largest absolute Gasteiger partial charge is 0.463 e. The molecule has 0 radical (unpaired) electrons. The van der Waals surface area contributed by atoms with Gasteiger partial charge in [0.15, 0.2) is 6.67 Å². The van der Waals surface area contributed by atoms with Crippen LogP contribution in [-0.4, -0.2) is 49.4 Å². The smallest absolute Gasteiger partial charge is 0.333 e. The number of ether oxygens (including phenoxy) is 2. The Morgan fingerprint density at radius 1 is 1.38 bits per heavy atom. The van der Waals surface area contributed by atoms with E-state index >= 15 is 0 Å². The minimum absolute atomic E-state index is 0. The van der Waals surface area contributed by atoms with E-state index in [1.165, 1.54) is 0 Å². The number of amides is 1.